The van der Waals surface area contributed by atoms with Crippen LogP contribution < -0.4 is 5.32 Å². The first kappa shape index (κ1) is 21.4. The van der Waals surface area contributed by atoms with Crippen LogP contribution in [0.2, 0.25) is 0 Å². The molecule has 1 aliphatic carbocycles. The number of piperidine rings is 1. The number of carbonyl (C=O) groups excluding carboxylic acids is 2. The molecule has 1 aliphatic heterocycles. The molecule has 2 aliphatic rings. The summed E-state index contributed by atoms with van der Waals surface area (Å²) in [5.74, 6) is -0.437. The number of nitrogens with one attached hydrogen (secondary N) is 1. The minimum absolute atomic E-state index is 0.0257. The molecule has 7 heteroatoms. The van der Waals surface area contributed by atoms with Gasteiger partial charge in [0.2, 0.25) is 11.8 Å². The van der Waals surface area contributed by atoms with Crippen LogP contribution in [-0.4, -0.2) is 23.3 Å². The van der Waals surface area contributed by atoms with Gasteiger partial charge in [0.15, 0.2) is 0 Å². The zero-order valence-corrected chi connectivity index (χ0v) is 17.1. The molecule has 2 aromatic rings. The Bertz CT molecular complexity index is 941. The third kappa shape index (κ3) is 5.09. The van der Waals surface area contributed by atoms with E-state index < -0.39 is 11.7 Å². The molecular formula is C24H25F3N2O2. The molecule has 0 bridgehead atoms. The number of hydrogen-bond acceptors (Lipinski definition) is 2. The van der Waals surface area contributed by atoms with Crippen molar-refractivity contribution >= 4 is 11.8 Å². The Morgan fingerprint density at radius 3 is 2.32 bits per heavy atom. The fourth-order valence-electron chi connectivity index (χ4n) is 4.21. The molecular weight excluding hydrogens is 405 g/mol. The van der Waals surface area contributed by atoms with E-state index in [1.165, 1.54) is 6.07 Å². The summed E-state index contributed by atoms with van der Waals surface area (Å²) in [7, 11) is 0. The third-order valence-electron chi connectivity index (χ3n) is 6.07. The average molecular weight is 430 g/mol. The molecule has 1 N–H and O–H groups in total. The predicted octanol–water partition coefficient (Wildman–Crippen LogP) is 4.71. The molecule has 31 heavy (non-hydrogen) atoms. The summed E-state index contributed by atoms with van der Waals surface area (Å²) >= 11 is 0. The highest BCUT2D eigenvalue weighted by molar-refractivity contribution is 5.84. The van der Waals surface area contributed by atoms with Crippen LogP contribution in [0, 0.1) is 11.8 Å². The number of rotatable bonds is 5. The highest BCUT2D eigenvalue weighted by Gasteiger charge is 2.41. The molecule has 2 amide bonds. The van der Waals surface area contributed by atoms with Crippen LogP contribution in [-0.2, 0) is 22.3 Å². The number of hydrogen-bond donors (Lipinski definition) is 1. The number of halogens is 3. The number of amides is 2. The van der Waals surface area contributed by atoms with E-state index in [2.05, 4.69) is 5.32 Å². The summed E-state index contributed by atoms with van der Waals surface area (Å²) in [6.07, 6.45) is -1.32. The monoisotopic (exact) mass is 430 g/mol. The number of alkyl halides is 3. The van der Waals surface area contributed by atoms with Gasteiger partial charge in [-0.3, -0.25) is 9.59 Å². The number of benzene rings is 2. The Morgan fingerprint density at radius 2 is 1.65 bits per heavy atom. The Kier molecular flexibility index (Phi) is 6.03. The van der Waals surface area contributed by atoms with Crippen LogP contribution in [0.25, 0.3) is 0 Å². The van der Waals surface area contributed by atoms with E-state index in [-0.39, 0.29) is 36.2 Å². The molecule has 0 radical (unpaired) electrons. The first-order chi connectivity index (χ1) is 14.8. The van der Waals surface area contributed by atoms with Crippen LogP contribution in [0.4, 0.5) is 13.2 Å². The van der Waals surface area contributed by atoms with E-state index in [0.29, 0.717) is 24.9 Å². The second kappa shape index (κ2) is 8.73. The smallest absolute Gasteiger partial charge is 0.352 e. The largest absolute Gasteiger partial charge is 0.416 e. The first-order valence-corrected chi connectivity index (χ1v) is 10.6. The molecule has 164 valence electrons. The SMILES string of the molecule is O=C(NCc1cccc(C(F)(F)F)c1)[C@@H]1CC[C@H](c2ccccc2)N(C(=O)C2CC2)C1. The van der Waals surface area contributed by atoms with Gasteiger partial charge in [0.05, 0.1) is 17.5 Å². The summed E-state index contributed by atoms with van der Waals surface area (Å²) in [5, 5.41) is 2.76. The van der Waals surface area contributed by atoms with E-state index in [0.717, 1.165) is 30.5 Å². The maximum absolute atomic E-state index is 12.9. The topological polar surface area (TPSA) is 49.4 Å². The maximum atomic E-state index is 12.9. The van der Waals surface area contributed by atoms with Crippen molar-refractivity contribution in [2.75, 3.05) is 6.54 Å². The van der Waals surface area contributed by atoms with Crippen molar-refractivity contribution in [1.82, 2.24) is 10.2 Å². The second-order valence-corrected chi connectivity index (χ2v) is 8.38. The molecule has 2 aromatic carbocycles. The van der Waals surface area contributed by atoms with E-state index in [9.17, 15) is 22.8 Å². The summed E-state index contributed by atoms with van der Waals surface area (Å²) < 4.78 is 38.7. The number of nitrogens with zero attached hydrogens (tertiary/aromatic N) is 1. The van der Waals surface area contributed by atoms with Crippen LogP contribution in [0.1, 0.15) is 48.4 Å². The predicted molar refractivity (Wildman–Crippen MR) is 110 cm³/mol. The van der Waals surface area contributed by atoms with Gasteiger partial charge in [0, 0.05) is 19.0 Å². The Labute approximate surface area is 179 Å². The van der Waals surface area contributed by atoms with Crippen molar-refractivity contribution in [3.8, 4) is 0 Å². The summed E-state index contributed by atoms with van der Waals surface area (Å²) in [6, 6.07) is 14.8. The van der Waals surface area contributed by atoms with E-state index in [1.807, 2.05) is 35.2 Å². The van der Waals surface area contributed by atoms with Crippen molar-refractivity contribution in [3.05, 3.63) is 71.3 Å². The van der Waals surface area contributed by atoms with Gasteiger partial charge in [-0.1, -0.05) is 42.5 Å². The summed E-state index contributed by atoms with van der Waals surface area (Å²) in [4.78, 5) is 27.5. The lowest BCUT2D eigenvalue weighted by Gasteiger charge is -2.39. The van der Waals surface area contributed by atoms with E-state index in [4.69, 9.17) is 0 Å². The van der Waals surface area contributed by atoms with Crippen molar-refractivity contribution in [2.24, 2.45) is 11.8 Å². The molecule has 1 heterocycles. The van der Waals surface area contributed by atoms with Crippen LogP contribution in [0.15, 0.2) is 54.6 Å². The van der Waals surface area contributed by atoms with Gasteiger partial charge in [-0.15, -0.1) is 0 Å². The van der Waals surface area contributed by atoms with Gasteiger partial charge in [-0.2, -0.15) is 13.2 Å². The fraction of sp³-hybridized carbons (Fsp3) is 0.417. The Balaban J connectivity index is 1.42. The lowest BCUT2D eigenvalue weighted by molar-refractivity contribution is -0.140. The van der Waals surface area contributed by atoms with E-state index in [1.54, 1.807) is 6.07 Å². The molecule has 0 spiro atoms. The van der Waals surface area contributed by atoms with Crippen molar-refractivity contribution < 1.29 is 22.8 Å². The third-order valence-corrected chi connectivity index (χ3v) is 6.07. The molecule has 1 saturated carbocycles. The summed E-state index contributed by atoms with van der Waals surface area (Å²) in [5.41, 5.74) is 0.732. The zero-order chi connectivity index (χ0) is 22.0. The van der Waals surface area contributed by atoms with Crippen molar-refractivity contribution in [2.45, 2.75) is 44.4 Å². The highest BCUT2D eigenvalue weighted by atomic mass is 19.4. The maximum Gasteiger partial charge on any atom is 0.416 e. The Morgan fingerprint density at radius 1 is 0.935 bits per heavy atom. The standard InChI is InChI=1S/C24H25F3N2O2/c25-24(26,27)20-8-4-5-16(13-20)14-28-22(30)19-11-12-21(17-6-2-1-3-7-17)29(15-19)23(31)18-9-10-18/h1-8,13,18-19,21H,9-12,14-15H2,(H,28,30)/t19-,21-/m1/s1. The molecule has 0 aromatic heterocycles. The average Bonchev–Trinajstić information content (AvgIpc) is 3.62. The quantitative estimate of drug-likeness (QED) is 0.747. The highest BCUT2D eigenvalue weighted by Crippen LogP contribution is 2.39. The molecule has 2 atom stereocenters. The van der Waals surface area contributed by atoms with Gasteiger partial charge >= 0.3 is 6.18 Å². The van der Waals surface area contributed by atoms with Gasteiger partial charge in [0.25, 0.3) is 0 Å². The van der Waals surface area contributed by atoms with Crippen molar-refractivity contribution in [1.29, 1.82) is 0 Å². The van der Waals surface area contributed by atoms with Gasteiger partial charge in [0.1, 0.15) is 0 Å². The van der Waals surface area contributed by atoms with Crippen LogP contribution >= 0.6 is 0 Å². The molecule has 4 nitrogen and oxygen atoms in total. The second-order valence-electron chi connectivity index (χ2n) is 8.38. The molecule has 1 saturated heterocycles. The molecule has 0 unspecified atom stereocenters. The van der Waals surface area contributed by atoms with Crippen LogP contribution in [0.5, 0.6) is 0 Å². The minimum atomic E-state index is -4.42. The van der Waals surface area contributed by atoms with Gasteiger partial charge < -0.3 is 10.2 Å². The molecule has 4 rings (SSSR count). The van der Waals surface area contributed by atoms with Gasteiger partial charge in [-0.05, 0) is 48.9 Å². The lowest BCUT2D eigenvalue weighted by Crippen LogP contribution is -2.47. The normalized spacial score (nSPS) is 21.6. The van der Waals surface area contributed by atoms with E-state index >= 15 is 0 Å². The zero-order valence-electron chi connectivity index (χ0n) is 17.1. The first-order valence-electron chi connectivity index (χ1n) is 10.6. The summed E-state index contributed by atoms with van der Waals surface area (Å²) in [6.45, 7) is 0.362. The van der Waals surface area contributed by atoms with Gasteiger partial charge in [-0.25, -0.2) is 0 Å². The Hall–Kier alpha value is -2.83. The lowest BCUT2D eigenvalue weighted by atomic mass is 9.88. The van der Waals surface area contributed by atoms with Crippen molar-refractivity contribution in [3.63, 3.8) is 0 Å². The molecule has 2 fully saturated rings. The van der Waals surface area contributed by atoms with Crippen LogP contribution in [0.3, 0.4) is 0 Å². The fourth-order valence-corrected chi connectivity index (χ4v) is 4.21. The number of carbonyl (C=O) groups is 2. The number of likely N-dealkylation sites (tertiary alicyclic amines) is 1. The minimum Gasteiger partial charge on any atom is -0.352 e.